The molecule has 0 bridgehead atoms. The molecule has 0 aromatic carbocycles. The molecule has 0 rings (SSSR count). The molecule has 0 aromatic rings. The molecule has 0 spiro atoms. The highest BCUT2D eigenvalue weighted by Gasteiger charge is 2.19. The minimum absolute atomic E-state index is 0.133. The highest BCUT2D eigenvalue weighted by Crippen LogP contribution is 2.11. The van der Waals surface area contributed by atoms with Crippen molar-refractivity contribution in [3.8, 4) is 0 Å². The molecule has 0 saturated heterocycles. The number of allylic oxidation sites excluding steroid dienone is 26. The fourth-order valence-corrected chi connectivity index (χ4v) is 6.59. The van der Waals surface area contributed by atoms with Crippen molar-refractivity contribution < 1.29 is 28.6 Å². The number of ether oxygens (including phenoxy) is 3. The fraction of sp³-hybridized carbons (Fsp3) is 0.540. The average molecular weight is 949 g/mol. The van der Waals surface area contributed by atoms with E-state index in [0.29, 0.717) is 19.3 Å². The summed E-state index contributed by atoms with van der Waals surface area (Å²) >= 11 is 0. The second-order valence-corrected chi connectivity index (χ2v) is 17.0. The van der Waals surface area contributed by atoms with Crippen LogP contribution in [0.4, 0.5) is 0 Å². The van der Waals surface area contributed by atoms with Gasteiger partial charge in [0.2, 0.25) is 0 Å². The molecule has 384 valence electrons. The zero-order valence-corrected chi connectivity index (χ0v) is 43.8. The topological polar surface area (TPSA) is 78.9 Å². The van der Waals surface area contributed by atoms with Crippen LogP contribution in [0.25, 0.3) is 0 Å². The van der Waals surface area contributed by atoms with E-state index in [2.05, 4.69) is 167 Å². The van der Waals surface area contributed by atoms with Crippen molar-refractivity contribution in [2.24, 2.45) is 0 Å². The van der Waals surface area contributed by atoms with Gasteiger partial charge in [-0.15, -0.1) is 0 Å². The van der Waals surface area contributed by atoms with Gasteiger partial charge in [0.05, 0.1) is 0 Å². The van der Waals surface area contributed by atoms with E-state index < -0.39 is 12.1 Å². The van der Waals surface area contributed by atoms with Gasteiger partial charge in [0.25, 0.3) is 0 Å². The summed E-state index contributed by atoms with van der Waals surface area (Å²) in [7, 11) is 0. The van der Waals surface area contributed by atoms with Crippen LogP contribution in [0.15, 0.2) is 158 Å². The van der Waals surface area contributed by atoms with Crippen molar-refractivity contribution >= 4 is 17.9 Å². The minimum atomic E-state index is -0.844. The highest BCUT2D eigenvalue weighted by atomic mass is 16.6. The standard InChI is InChI=1S/C63H96O6/c1-4-7-10-13-16-19-22-25-28-30-31-33-36-39-42-45-48-51-54-57-63(66)69-60(58-67-61(64)55-52-49-46-43-40-37-34-27-24-21-18-15-12-9-6-3)59-68-62(65)56-53-50-47-44-41-38-35-32-29-26-23-20-17-14-11-8-5-2/h7-12,16-21,25-29,31,33-35,38-39,42,48,51,60H,4-6,13-15,22-24,30,32,36-37,40-41,43-47,49-50,52-59H2,1-3H3/b10-7-,11-8-,12-9-,19-16-,20-17-,21-18-,28-25-,29-26-,33-31-,34-27-,38-35-,42-39-,51-48-/t60-/m0/s1. The summed E-state index contributed by atoms with van der Waals surface area (Å²) in [6.07, 6.45) is 80.9. The predicted molar refractivity (Wildman–Crippen MR) is 297 cm³/mol. The molecule has 69 heavy (non-hydrogen) atoms. The van der Waals surface area contributed by atoms with E-state index in [1.54, 1.807) is 0 Å². The molecule has 0 N–H and O–H groups in total. The van der Waals surface area contributed by atoms with Crippen LogP contribution in [0.5, 0.6) is 0 Å². The predicted octanol–water partition coefficient (Wildman–Crippen LogP) is 18.2. The van der Waals surface area contributed by atoms with Gasteiger partial charge in [0.1, 0.15) is 13.2 Å². The van der Waals surface area contributed by atoms with Gasteiger partial charge in [-0.25, -0.2) is 0 Å². The Morgan fingerprint density at radius 3 is 0.870 bits per heavy atom. The van der Waals surface area contributed by atoms with Crippen LogP contribution in [0, 0.1) is 0 Å². The van der Waals surface area contributed by atoms with Gasteiger partial charge in [-0.3, -0.25) is 14.4 Å². The number of hydrogen-bond acceptors (Lipinski definition) is 6. The Hall–Kier alpha value is -4.97. The Kier molecular flexibility index (Phi) is 51.6. The Balaban J connectivity index is 4.62. The van der Waals surface area contributed by atoms with Crippen molar-refractivity contribution in [3.05, 3.63) is 158 Å². The summed E-state index contributed by atoms with van der Waals surface area (Å²) in [5, 5.41) is 0. The monoisotopic (exact) mass is 949 g/mol. The van der Waals surface area contributed by atoms with Gasteiger partial charge in [0.15, 0.2) is 6.10 Å². The zero-order valence-electron chi connectivity index (χ0n) is 43.8. The number of hydrogen-bond donors (Lipinski definition) is 0. The summed E-state index contributed by atoms with van der Waals surface area (Å²) in [5.41, 5.74) is 0. The van der Waals surface area contributed by atoms with Crippen molar-refractivity contribution in [2.75, 3.05) is 13.2 Å². The molecule has 0 fully saturated rings. The van der Waals surface area contributed by atoms with Crippen molar-refractivity contribution in [2.45, 2.75) is 207 Å². The van der Waals surface area contributed by atoms with Crippen molar-refractivity contribution in [1.29, 1.82) is 0 Å². The summed E-state index contributed by atoms with van der Waals surface area (Å²) < 4.78 is 16.7. The van der Waals surface area contributed by atoms with E-state index in [1.807, 2.05) is 12.2 Å². The van der Waals surface area contributed by atoms with Crippen LogP contribution in [-0.4, -0.2) is 37.2 Å². The number of unbranched alkanes of at least 4 members (excludes halogenated alkanes) is 9. The highest BCUT2D eigenvalue weighted by molar-refractivity contribution is 5.71. The summed E-state index contributed by atoms with van der Waals surface area (Å²) in [4.78, 5) is 38.1. The van der Waals surface area contributed by atoms with Gasteiger partial charge < -0.3 is 14.2 Å². The van der Waals surface area contributed by atoms with E-state index in [9.17, 15) is 14.4 Å². The SMILES string of the molecule is CC/C=C\C/C=C\C/C=C\C/C=C\C/C=C\C/C=C\CCC(=O)O[C@H](COC(=O)CCCCCC/C=C\C/C=C\C/C=C\C/C=C\CC)COC(=O)CCCCCCC/C=C\C/C=C\C/C=C\CC. The molecular formula is C63H96O6. The van der Waals surface area contributed by atoms with Gasteiger partial charge in [-0.2, -0.15) is 0 Å². The molecule has 0 unspecified atom stereocenters. The number of carbonyl (C=O) groups is 3. The first-order valence-electron chi connectivity index (χ1n) is 27.0. The first kappa shape index (κ1) is 64.0. The molecular weight excluding hydrogens is 853 g/mol. The first-order valence-corrected chi connectivity index (χ1v) is 27.0. The molecule has 6 heteroatoms. The fourth-order valence-electron chi connectivity index (χ4n) is 6.59. The van der Waals surface area contributed by atoms with Crippen molar-refractivity contribution in [3.63, 3.8) is 0 Å². The Labute approximate surface area is 422 Å². The third-order valence-corrected chi connectivity index (χ3v) is 10.5. The Morgan fingerprint density at radius 1 is 0.290 bits per heavy atom. The zero-order chi connectivity index (χ0) is 50.0. The van der Waals surface area contributed by atoms with E-state index in [-0.39, 0.29) is 31.6 Å². The quantitative estimate of drug-likeness (QED) is 0.0262. The number of rotatable bonds is 46. The molecule has 0 heterocycles. The van der Waals surface area contributed by atoms with Crippen LogP contribution < -0.4 is 0 Å². The third-order valence-electron chi connectivity index (χ3n) is 10.5. The maximum Gasteiger partial charge on any atom is 0.306 e. The van der Waals surface area contributed by atoms with E-state index in [4.69, 9.17) is 14.2 Å². The minimum Gasteiger partial charge on any atom is -0.462 e. The molecule has 0 aliphatic heterocycles. The molecule has 0 saturated carbocycles. The smallest absolute Gasteiger partial charge is 0.306 e. The van der Waals surface area contributed by atoms with E-state index in [1.165, 1.54) is 0 Å². The largest absolute Gasteiger partial charge is 0.462 e. The summed E-state index contributed by atoms with van der Waals surface area (Å²) in [6, 6.07) is 0. The lowest BCUT2D eigenvalue weighted by atomic mass is 10.1. The molecule has 1 atom stereocenters. The average Bonchev–Trinajstić information content (AvgIpc) is 3.35. The molecule has 0 amide bonds. The lowest BCUT2D eigenvalue weighted by Gasteiger charge is -2.18. The van der Waals surface area contributed by atoms with Crippen LogP contribution in [0.1, 0.15) is 201 Å². The number of carbonyl (C=O) groups excluding carboxylic acids is 3. The van der Waals surface area contributed by atoms with Crippen LogP contribution in [0.3, 0.4) is 0 Å². The van der Waals surface area contributed by atoms with Gasteiger partial charge in [-0.1, -0.05) is 211 Å². The van der Waals surface area contributed by atoms with E-state index >= 15 is 0 Å². The Bertz CT molecular complexity index is 1610. The normalized spacial score (nSPS) is 13.4. The van der Waals surface area contributed by atoms with Gasteiger partial charge >= 0.3 is 17.9 Å². The lowest BCUT2D eigenvalue weighted by molar-refractivity contribution is -0.166. The maximum absolute atomic E-state index is 12.8. The second kappa shape index (κ2) is 55.6. The Morgan fingerprint density at radius 2 is 0.551 bits per heavy atom. The molecule has 0 aliphatic carbocycles. The molecule has 6 nitrogen and oxygen atoms in total. The van der Waals surface area contributed by atoms with Gasteiger partial charge in [-0.05, 0) is 128 Å². The maximum atomic E-state index is 12.8. The molecule has 0 aromatic heterocycles. The summed E-state index contributed by atoms with van der Waals surface area (Å²) in [5.74, 6) is -1.07. The van der Waals surface area contributed by atoms with Gasteiger partial charge in [0, 0.05) is 19.3 Å². The third kappa shape index (κ3) is 53.8. The second-order valence-electron chi connectivity index (χ2n) is 17.0. The molecule has 0 aliphatic rings. The summed E-state index contributed by atoms with van der Waals surface area (Å²) in [6.45, 7) is 6.18. The lowest BCUT2D eigenvalue weighted by Crippen LogP contribution is -2.30. The van der Waals surface area contributed by atoms with Crippen LogP contribution in [0.2, 0.25) is 0 Å². The van der Waals surface area contributed by atoms with Crippen LogP contribution >= 0.6 is 0 Å². The van der Waals surface area contributed by atoms with Crippen LogP contribution in [-0.2, 0) is 28.6 Å². The van der Waals surface area contributed by atoms with Crippen molar-refractivity contribution in [1.82, 2.24) is 0 Å². The first-order chi connectivity index (χ1) is 34.0. The molecule has 0 radical (unpaired) electrons. The number of esters is 3. The van der Waals surface area contributed by atoms with E-state index in [0.717, 1.165) is 154 Å².